The van der Waals surface area contributed by atoms with Crippen molar-refractivity contribution < 1.29 is 24.9 Å². The monoisotopic (exact) mass is 400 g/mol. The fourth-order valence-corrected chi connectivity index (χ4v) is 3.69. The molecule has 0 fully saturated rings. The van der Waals surface area contributed by atoms with E-state index >= 15 is 0 Å². The molecule has 0 heterocycles. The molecule has 3 N–H and O–H groups in total. The molecule has 0 aromatic heterocycles. The van der Waals surface area contributed by atoms with Crippen LogP contribution in [-0.2, 0) is 9.59 Å². The molecule has 28 heavy (non-hydrogen) atoms. The largest absolute Gasteiger partial charge is 0.481 e. The van der Waals surface area contributed by atoms with Crippen molar-refractivity contribution in [3.63, 3.8) is 0 Å². The number of unbranched alkanes of at least 4 members (excludes halogenated alkanes) is 13. The van der Waals surface area contributed by atoms with E-state index in [1.807, 2.05) is 0 Å². The summed E-state index contributed by atoms with van der Waals surface area (Å²) in [6.45, 7) is 0.304. The number of hydrogen-bond acceptors (Lipinski definition) is 3. The van der Waals surface area contributed by atoms with Crippen molar-refractivity contribution >= 4 is 11.9 Å². The minimum Gasteiger partial charge on any atom is -0.481 e. The van der Waals surface area contributed by atoms with Gasteiger partial charge in [-0.15, -0.1) is 0 Å². The molecule has 0 aliphatic heterocycles. The van der Waals surface area contributed by atoms with Gasteiger partial charge in [-0.1, -0.05) is 83.5 Å². The highest BCUT2D eigenvalue weighted by Crippen LogP contribution is 2.19. The molecule has 5 heteroatoms. The molecule has 0 radical (unpaired) electrons. The van der Waals surface area contributed by atoms with Crippen molar-refractivity contribution in [3.05, 3.63) is 0 Å². The van der Waals surface area contributed by atoms with Crippen molar-refractivity contribution in [1.82, 2.24) is 0 Å². The van der Waals surface area contributed by atoms with Crippen LogP contribution in [0, 0.1) is 5.92 Å². The lowest BCUT2D eigenvalue weighted by Gasteiger charge is -2.13. The van der Waals surface area contributed by atoms with E-state index < -0.39 is 11.9 Å². The third kappa shape index (κ3) is 21.2. The number of hydrogen-bond donors (Lipinski definition) is 3. The van der Waals surface area contributed by atoms with Gasteiger partial charge in [0.05, 0.1) is 0 Å². The summed E-state index contributed by atoms with van der Waals surface area (Å²) in [7, 11) is 0. The van der Waals surface area contributed by atoms with E-state index in [1.165, 1.54) is 57.8 Å². The van der Waals surface area contributed by atoms with Gasteiger partial charge in [0.1, 0.15) is 0 Å². The maximum atomic E-state index is 10.4. The van der Waals surface area contributed by atoms with Crippen LogP contribution in [-0.4, -0.2) is 33.9 Å². The SMILES string of the molecule is O=C(O)CCCCCCCCCC[C@H](CO)CCCCCCCCCC(=O)O. The van der Waals surface area contributed by atoms with Crippen molar-refractivity contribution in [3.8, 4) is 0 Å². The Hall–Kier alpha value is -1.10. The highest BCUT2D eigenvalue weighted by atomic mass is 16.4. The summed E-state index contributed by atoms with van der Waals surface area (Å²) in [6, 6.07) is 0. The fraction of sp³-hybridized carbons (Fsp3) is 0.913. The van der Waals surface area contributed by atoms with Crippen LogP contribution in [0.3, 0.4) is 0 Å². The van der Waals surface area contributed by atoms with Crippen LogP contribution in [0.15, 0.2) is 0 Å². The van der Waals surface area contributed by atoms with Gasteiger partial charge in [-0.05, 0) is 31.6 Å². The molecule has 0 rings (SSSR count). The summed E-state index contributed by atoms with van der Waals surface area (Å²) < 4.78 is 0. The minimum absolute atomic E-state index is 0.297. The summed E-state index contributed by atoms with van der Waals surface area (Å²) in [5.74, 6) is -0.930. The van der Waals surface area contributed by atoms with Crippen molar-refractivity contribution in [2.45, 2.75) is 122 Å². The second-order valence-corrected chi connectivity index (χ2v) is 8.22. The summed E-state index contributed by atoms with van der Waals surface area (Å²) in [4.78, 5) is 20.8. The lowest BCUT2D eigenvalue weighted by molar-refractivity contribution is -0.138. The molecule has 0 bridgehead atoms. The fourth-order valence-electron chi connectivity index (χ4n) is 3.69. The van der Waals surface area contributed by atoms with Crippen molar-refractivity contribution in [2.24, 2.45) is 5.92 Å². The molecule has 1 atom stereocenters. The quantitative estimate of drug-likeness (QED) is 0.189. The molecule has 0 saturated carbocycles. The Labute approximate surface area is 171 Å². The second-order valence-electron chi connectivity index (χ2n) is 8.22. The molecule has 0 aliphatic carbocycles. The summed E-state index contributed by atoms with van der Waals surface area (Å²) in [6.07, 6.45) is 19.7. The first-order valence-electron chi connectivity index (χ1n) is 11.6. The second kappa shape index (κ2) is 20.6. The van der Waals surface area contributed by atoms with Gasteiger partial charge < -0.3 is 15.3 Å². The Kier molecular flexibility index (Phi) is 19.8. The Morgan fingerprint density at radius 2 is 0.786 bits per heavy atom. The topological polar surface area (TPSA) is 94.8 Å². The highest BCUT2D eigenvalue weighted by molar-refractivity contribution is 5.66. The normalized spacial score (nSPS) is 12.2. The third-order valence-corrected chi connectivity index (χ3v) is 5.51. The van der Waals surface area contributed by atoms with Gasteiger partial charge in [0.2, 0.25) is 0 Å². The Balaban J connectivity index is 3.33. The lowest BCUT2D eigenvalue weighted by Crippen LogP contribution is -2.06. The van der Waals surface area contributed by atoms with Gasteiger partial charge in [0.15, 0.2) is 0 Å². The molecule has 0 unspecified atom stereocenters. The molecule has 0 aromatic carbocycles. The van der Waals surface area contributed by atoms with E-state index in [-0.39, 0.29) is 0 Å². The van der Waals surface area contributed by atoms with E-state index in [2.05, 4.69) is 0 Å². The van der Waals surface area contributed by atoms with E-state index in [4.69, 9.17) is 10.2 Å². The standard InChI is InChI=1S/C23H44O5/c24-20-21(17-13-9-5-3-7-11-15-19-23(27)28)16-12-8-4-1-2-6-10-14-18-22(25)26/h21,24H,1-20H2,(H,25,26)(H,27,28)/t21-/m0/s1. The summed E-state index contributed by atoms with van der Waals surface area (Å²) >= 11 is 0. The van der Waals surface area contributed by atoms with E-state index in [0.29, 0.717) is 25.4 Å². The number of carboxylic acid groups (broad SMARTS) is 2. The first kappa shape index (κ1) is 26.9. The molecule has 0 spiro atoms. The average molecular weight is 401 g/mol. The number of rotatable bonds is 22. The van der Waals surface area contributed by atoms with Crippen LogP contribution in [0.1, 0.15) is 122 Å². The first-order chi connectivity index (χ1) is 13.6. The minimum atomic E-state index is -0.692. The Morgan fingerprint density at radius 1 is 0.500 bits per heavy atom. The molecule has 0 amide bonds. The number of aliphatic carboxylic acids is 2. The molecule has 0 aliphatic rings. The number of aliphatic hydroxyl groups is 1. The summed E-state index contributed by atoms with van der Waals surface area (Å²) in [5, 5.41) is 26.7. The zero-order valence-corrected chi connectivity index (χ0v) is 17.9. The van der Waals surface area contributed by atoms with Crippen molar-refractivity contribution in [2.75, 3.05) is 6.61 Å². The van der Waals surface area contributed by atoms with Gasteiger partial charge >= 0.3 is 11.9 Å². The lowest BCUT2D eigenvalue weighted by atomic mass is 9.94. The number of carboxylic acids is 2. The van der Waals surface area contributed by atoms with Crippen molar-refractivity contribution in [1.29, 1.82) is 0 Å². The number of carbonyl (C=O) groups is 2. The van der Waals surface area contributed by atoms with E-state index in [9.17, 15) is 14.7 Å². The van der Waals surface area contributed by atoms with Crippen LogP contribution in [0.2, 0.25) is 0 Å². The van der Waals surface area contributed by atoms with Gasteiger partial charge in [0.25, 0.3) is 0 Å². The summed E-state index contributed by atoms with van der Waals surface area (Å²) in [5.41, 5.74) is 0. The Morgan fingerprint density at radius 3 is 1.07 bits per heavy atom. The molecule has 0 saturated heterocycles. The maximum absolute atomic E-state index is 10.4. The zero-order valence-electron chi connectivity index (χ0n) is 17.9. The molecule has 5 nitrogen and oxygen atoms in total. The molecular formula is C23H44O5. The molecule has 0 aromatic rings. The molecular weight excluding hydrogens is 356 g/mol. The average Bonchev–Trinajstić information content (AvgIpc) is 2.65. The predicted octanol–water partition coefficient (Wildman–Crippen LogP) is 6.18. The van der Waals surface area contributed by atoms with E-state index in [1.54, 1.807) is 0 Å². The number of aliphatic hydroxyl groups excluding tert-OH is 1. The van der Waals surface area contributed by atoms with Crippen LogP contribution < -0.4 is 0 Å². The van der Waals surface area contributed by atoms with Crippen LogP contribution in [0.25, 0.3) is 0 Å². The van der Waals surface area contributed by atoms with Crippen LogP contribution >= 0.6 is 0 Å². The zero-order chi connectivity index (χ0) is 20.9. The maximum Gasteiger partial charge on any atom is 0.303 e. The molecule has 166 valence electrons. The van der Waals surface area contributed by atoms with Gasteiger partial charge in [-0.3, -0.25) is 9.59 Å². The van der Waals surface area contributed by atoms with Gasteiger partial charge in [0, 0.05) is 19.4 Å². The highest BCUT2D eigenvalue weighted by Gasteiger charge is 2.07. The van der Waals surface area contributed by atoms with Gasteiger partial charge in [-0.25, -0.2) is 0 Å². The van der Waals surface area contributed by atoms with E-state index in [0.717, 1.165) is 51.4 Å². The first-order valence-corrected chi connectivity index (χ1v) is 11.6. The van der Waals surface area contributed by atoms with Gasteiger partial charge in [-0.2, -0.15) is 0 Å². The predicted molar refractivity (Wildman–Crippen MR) is 114 cm³/mol. The third-order valence-electron chi connectivity index (χ3n) is 5.51. The Bertz CT molecular complexity index is 370. The smallest absolute Gasteiger partial charge is 0.303 e. The van der Waals surface area contributed by atoms with Crippen LogP contribution in [0.4, 0.5) is 0 Å². The van der Waals surface area contributed by atoms with Crippen LogP contribution in [0.5, 0.6) is 0 Å².